The maximum absolute atomic E-state index is 4.61. The molecule has 0 spiro atoms. The lowest BCUT2D eigenvalue weighted by molar-refractivity contribution is 1.07. The summed E-state index contributed by atoms with van der Waals surface area (Å²) >= 11 is 0. The second-order valence-corrected chi connectivity index (χ2v) is 3.78. The smallest absolute Gasteiger partial charge is 0.0708 e. The van der Waals surface area contributed by atoms with Gasteiger partial charge in [-0.25, -0.2) is 0 Å². The Labute approximate surface area is 84.8 Å². The van der Waals surface area contributed by atoms with Crippen LogP contribution in [0.1, 0.15) is 23.7 Å². The molecule has 0 saturated heterocycles. The molecule has 0 aliphatic heterocycles. The standard InChI is InChI=1S/C13H15N/c1-4-11-8-12-6-5-9(2)7-13(12)14-10(11)3/h5-8H,4H2,1-3H3. The first-order valence-electron chi connectivity index (χ1n) is 5.07. The van der Waals surface area contributed by atoms with Crippen molar-refractivity contribution in [2.75, 3.05) is 0 Å². The van der Waals surface area contributed by atoms with Crippen molar-refractivity contribution in [2.24, 2.45) is 0 Å². The minimum absolute atomic E-state index is 1.06. The van der Waals surface area contributed by atoms with Crippen LogP contribution in [0.4, 0.5) is 0 Å². The number of hydrogen-bond donors (Lipinski definition) is 0. The molecule has 0 bridgehead atoms. The van der Waals surface area contributed by atoms with Crippen LogP contribution in [0.25, 0.3) is 10.9 Å². The van der Waals surface area contributed by atoms with E-state index in [1.54, 1.807) is 0 Å². The van der Waals surface area contributed by atoms with Gasteiger partial charge in [0.2, 0.25) is 0 Å². The average molecular weight is 185 g/mol. The zero-order valence-corrected chi connectivity index (χ0v) is 8.96. The Morgan fingerprint density at radius 3 is 2.64 bits per heavy atom. The predicted octanol–water partition coefficient (Wildman–Crippen LogP) is 3.41. The van der Waals surface area contributed by atoms with E-state index in [4.69, 9.17) is 0 Å². The fourth-order valence-corrected chi connectivity index (χ4v) is 1.78. The van der Waals surface area contributed by atoms with E-state index in [9.17, 15) is 0 Å². The first kappa shape index (κ1) is 9.20. The Hall–Kier alpha value is -1.37. The van der Waals surface area contributed by atoms with Gasteiger partial charge in [-0.1, -0.05) is 19.1 Å². The van der Waals surface area contributed by atoms with E-state index in [0.717, 1.165) is 17.6 Å². The molecule has 14 heavy (non-hydrogen) atoms. The molecule has 0 atom stereocenters. The van der Waals surface area contributed by atoms with Crippen LogP contribution in [0.5, 0.6) is 0 Å². The van der Waals surface area contributed by atoms with Crippen molar-refractivity contribution in [3.05, 3.63) is 41.1 Å². The molecule has 1 aromatic heterocycles. The van der Waals surface area contributed by atoms with Crippen molar-refractivity contribution in [1.29, 1.82) is 0 Å². The molecule has 2 aromatic rings. The van der Waals surface area contributed by atoms with Crippen LogP contribution in [-0.4, -0.2) is 4.98 Å². The molecule has 2 rings (SSSR count). The third-order valence-electron chi connectivity index (χ3n) is 2.65. The monoisotopic (exact) mass is 185 g/mol. The van der Waals surface area contributed by atoms with E-state index in [1.165, 1.54) is 16.5 Å². The van der Waals surface area contributed by atoms with Crippen LogP contribution in [0.15, 0.2) is 24.3 Å². The van der Waals surface area contributed by atoms with Crippen molar-refractivity contribution in [3.8, 4) is 0 Å². The topological polar surface area (TPSA) is 12.9 Å². The lowest BCUT2D eigenvalue weighted by atomic mass is 10.1. The quantitative estimate of drug-likeness (QED) is 0.663. The van der Waals surface area contributed by atoms with Crippen LogP contribution in [-0.2, 0) is 6.42 Å². The average Bonchev–Trinajstić information content (AvgIpc) is 2.16. The highest BCUT2D eigenvalue weighted by atomic mass is 14.7. The predicted molar refractivity (Wildman–Crippen MR) is 60.6 cm³/mol. The largest absolute Gasteiger partial charge is 0.253 e. The van der Waals surface area contributed by atoms with Gasteiger partial charge in [-0.3, -0.25) is 4.98 Å². The summed E-state index contributed by atoms with van der Waals surface area (Å²) in [4.78, 5) is 4.61. The zero-order valence-electron chi connectivity index (χ0n) is 8.96. The molecule has 0 radical (unpaired) electrons. The Morgan fingerprint density at radius 1 is 1.14 bits per heavy atom. The SMILES string of the molecule is CCc1cc2ccc(C)cc2nc1C. The first-order chi connectivity index (χ1) is 6.70. The fraction of sp³-hybridized carbons (Fsp3) is 0.308. The molecule has 0 unspecified atom stereocenters. The molecular formula is C13H15N. The lowest BCUT2D eigenvalue weighted by Crippen LogP contribution is -1.92. The van der Waals surface area contributed by atoms with Gasteiger partial charge in [0.25, 0.3) is 0 Å². The molecule has 1 heterocycles. The molecule has 0 aliphatic rings. The van der Waals surface area contributed by atoms with Crippen LogP contribution in [0.2, 0.25) is 0 Å². The van der Waals surface area contributed by atoms with Crippen molar-refractivity contribution in [2.45, 2.75) is 27.2 Å². The van der Waals surface area contributed by atoms with Crippen LogP contribution in [0.3, 0.4) is 0 Å². The van der Waals surface area contributed by atoms with Gasteiger partial charge in [-0.2, -0.15) is 0 Å². The number of pyridine rings is 1. The summed E-state index contributed by atoms with van der Waals surface area (Å²) in [5.41, 5.74) is 4.89. The van der Waals surface area contributed by atoms with Gasteiger partial charge in [-0.15, -0.1) is 0 Å². The summed E-state index contributed by atoms with van der Waals surface area (Å²) in [7, 11) is 0. The second kappa shape index (κ2) is 3.41. The number of benzene rings is 1. The van der Waals surface area contributed by atoms with E-state index in [-0.39, 0.29) is 0 Å². The Bertz CT molecular complexity index is 472. The highest BCUT2D eigenvalue weighted by molar-refractivity contribution is 5.80. The molecule has 0 amide bonds. The summed E-state index contributed by atoms with van der Waals surface area (Å²) in [6.45, 7) is 6.36. The number of aromatic nitrogens is 1. The number of rotatable bonds is 1. The molecule has 0 aliphatic carbocycles. The highest BCUT2D eigenvalue weighted by Gasteiger charge is 2.01. The molecule has 0 saturated carbocycles. The van der Waals surface area contributed by atoms with Gasteiger partial charge >= 0.3 is 0 Å². The Kier molecular flexibility index (Phi) is 2.24. The minimum Gasteiger partial charge on any atom is -0.253 e. The summed E-state index contributed by atoms with van der Waals surface area (Å²) in [5.74, 6) is 0. The highest BCUT2D eigenvalue weighted by Crippen LogP contribution is 2.18. The van der Waals surface area contributed by atoms with Crippen LogP contribution >= 0.6 is 0 Å². The minimum atomic E-state index is 1.06. The summed E-state index contributed by atoms with van der Waals surface area (Å²) < 4.78 is 0. The lowest BCUT2D eigenvalue weighted by Gasteiger charge is -2.05. The number of aryl methyl sites for hydroxylation is 3. The van der Waals surface area contributed by atoms with Gasteiger partial charge in [0.1, 0.15) is 0 Å². The normalized spacial score (nSPS) is 10.8. The van der Waals surface area contributed by atoms with E-state index in [1.807, 2.05) is 0 Å². The first-order valence-corrected chi connectivity index (χ1v) is 5.07. The maximum Gasteiger partial charge on any atom is 0.0708 e. The van der Waals surface area contributed by atoms with Gasteiger partial charge < -0.3 is 0 Å². The van der Waals surface area contributed by atoms with E-state index in [2.05, 4.69) is 50.0 Å². The Balaban J connectivity index is 2.73. The third-order valence-corrected chi connectivity index (χ3v) is 2.65. The van der Waals surface area contributed by atoms with Gasteiger partial charge in [-0.05, 0) is 43.5 Å². The van der Waals surface area contributed by atoms with Crippen molar-refractivity contribution < 1.29 is 0 Å². The van der Waals surface area contributed by atoms with E-state index >= 15 is 0 Å². The summed E-state index contributed by atoms with van der Waals surface area (Å²) in [5, 5.41) is 1.25. The molecule has 72 valence electrons. The summed E-state index contributed by atoms with van der Waals surface area (Å²) in [6, 6.07) is 8.67. The van der Waals surface area contributed by atoms with Crippen LogP contribution in [0, 0.1) is 13.8 Å². The van der Waals surface area contributed by atoms with Gasteiger partial charge in [0, 0.05) is 11.1 Å². The zero-order chi connectivity index (χ0) is 10.1. The van der Waals surface area contributed by atoms with Crippen molar-refractivity contribution >= 4 is 10.9 Å². The molecule has 1 nitrogen and oxygen atoms in total. The molecule has 1 aromatic carbocycles. The Morgan fingerprint density at radius 2 is 1.93 bits per heavy atom. The molecule has 0 N–H and O–H groups in total. The van der Waals surface area contributed by atoms with Gasteiger partial charge in [0.15, 0.2) is 0 Å². The molecule has 1 heteroatoms. The van der Waals surface area contributed by atoms with E-state index in [0.29, 0.717) is 0 Å². The number of fused-ring (bicyclic) bond motifs is 1. The maximum atomic E-state index is 4.61. The fourth-order valence-electron chi connectivity index (χ4n) is 1.78. The summed E-state index contributed by atoms with van der Waals surface area (Å²) in [6.07, 6.45) is 1.06. The van der Waals surface area contributed by atoms with Crippen LogP contribution < -0.4 is 0 Å². The van der Waals surface area contributed by atoms with E-state index < -0.39 is 0 Å². The van der Waals surface area contributed by atoms with Crippen molar-refractivity contribution in [3.63, 3.8) is 0 Å². The molecular weight excluding hydrogens is 170 g/mol. The number of nitrogens with zero attached hydrogens (tertiary/aromatic N) is 1. The molecule has 0 fully saturated rings. The second-order valence-electron chi connectivity index (χ2n) is 3.78. The van der Waals surface area contributed by atoms with Crippen molar-refractivity contribution in [1.82, 2.24) is 4.98 Å². The number of hydrogen-bond acceptors (Lipinski definition) is 1. The van der Waals surface area contributed by atoms with Gasteiger partial charge in [0.05, 0.1) is 5.52 Å². The third kappa shape index (κ3) is 1.50.